The number of unbranched alkanes of at least 4 members (excludes halogenated alkanes) is 3. The third kappa shape index (κ3) is 7.56. The highest BCUT2D eigenvalue weighted by Gasteiger charge is 2.11. The van der Waals surface area contributed by atoms with Crippen LogP contribution in [0.25, 0.3) is 0 Å². The summed E-state index contributed by atoms with van der Waals surface area (Å²) in [4.78, 5) is 11.7. The number of hydrogen-bond donors (Lipinski definition) is 2. The van der Waals surface area contributed by atoms with Crippen molar-refractivity contribution in [3.05, 3.63) is 28.8 Å². The van der Waals surface area contributed by atoms with Crippen LogP contribution in [0.1, 0.15) is 37.7 Å². The average molecular weight is 335 g/mol. The van der Waals surface area contributed by atoms with Crippen LogP contribution in [0, 0.1) is 0 Å². The number of alkyl halides is 2. The average Bonchev–Trinajstić information content (AvgIpc) is 2.47. The van der Waals surface area contributed by atoms with Gasteiger partial charge in [0.25, 0.3) is 0 Å². The molecule has 4 nitrogen and oxygen atoms in total. The van der Waals surface area contributed by atoms with Gasteiger partial charge in [0.1, 0.15) is 5.75 Å². The van der Waals surface area contributed by atoms with E-state index in [4.69, 9.17) is 17.3 Å². The molecule has 0 unspecified atom stereocenters. The molecule has 0 aliphatic rings. The number of nitrogens with two attached hydrogens (primary N) is 1. The summed E-state index contributed by atoms with van der Waals surface area (Å²) in [5.41, 5.74) is 5.81. The molecule has 0 atom stereocenters. The van der Waals surface area contributed by atoms with Crippen LogP contribution < -0.4 is 15.8 Å². The monoisotopic (exact) mass is 334 g/mol. The molecule has 0 saturated carbocycles. The topological polar surface area (TPSA) is 64.4 Å². The van der Waals surface area contributed by atoms with Crippen LogP contribution in [0.3, 0.4) is 0 Å². The summed E-state index contributed by atoms with van der Waals surface area (Å²) in [5.74, 6) is -0.113. The molecule has 1 rings (SSSR count). The van der Waals surface area contributed by atoms with Crippen LogP contribution in [0.5, 0.6) is 5.75 Å². The summed E-state index contributed by atoms with van der Waals surface area (Å²) in [5, 5.41) is 3.08. The van der Waals surface area contributed by atoms with Gasteiger partial charge in [0, 0.05) is 23.6 Å². The lowest BCUT2D eigenvalue weighted by molar-refractivity contribution is -0.121. The number of halogens is 3. The molecule has 0 aliphatic heterocycles. The zero-order valence-electron chi connectivity index (χ0n) is 12.3. The van der Waals surface area contributed by atoms with Gasteiger partial charge >= 0.3 is 6.61 Å². The lowest BCUT2D eigenvalue weighted by Gasteiger charge is -2.12. The first-order valence-electron chi connectivity index (χ1n) is 7.23. The van der Waals surface area contributed by atoms with Crippen molar-refractivity contribution in [2.24, 2.45) is 5.73 Å². The minimum Gasteiger partial charge on any atom is -0.434 e. The molecule has 0 fully saturated rings. The fourth-order valence-electron chi connectivity index (χ4n) is 1.96. The first-order valence-corrected chi connectivity index (χ1v) is 7.60. The zero-order chi connectivity index (χ0) is 16.4. The summed E-state index contributed by atoms with van der Waals surface area (Å²) in [7, 11) is 0. The highest BCUT2D eigenvalue weighted by Crippen LogP contribution is 2.24. The van der Waals surface area contributed by atoms with E-state index in [9.17, 15) is 13.6 Å². The van der Waals surface area contributed by atoms with Crippen molar-refractivity contribution in [2.45, 2.75) is 45.3 Å². The molecule has 0 aromatic heterocycles. The number of carbonyl (C=O) groups excluding carboxylic acids is 1. The van der Waals surface area contributed by atoms with Crippen LogP contribution in [-0.4, -0.2) is 19.1 Å². The third-order valence-corrected chi connectivity index (χ3v) is 3.31. The molecule has 0 bridgehead atoms. The number of benzene rings is 1. The van der Waals surface area contributed by atoms with Gasteiger partial charge in [0.15, 0.2) is 0 Å². The summed E-state index contributed by atoms with van der Waals surface area (Å²) in [6, 6.07) is 4.33. The predicted molar refractivity (Wildman–Crippen MR) is 82.1 cm³/mol. The summed E-state index contributed by atoms with van der Waals surface area (Å²) in [6.07, 6.45) is 4.09. The van der Waals surface area contributed by atoms with Gasteiger partial charge in [-0.1, -0.05) is 24.4 Å². The molecule has 3 N–H and O–H groups in total. The van der Waals surface area contributed by atoms with Crippen molar-refractivity contribution in [1.29, 1.82) is 0 Å². The Kier molecular flexibility index (Phi) is 8.77. The van der Waals surface area contributed by atoms with E-state index >= 15 is 0 Å². The van der Waals surface area contributed by atoms with Crippen LogP contribution in [0.2, 0.25) is 5.02 Å². The molecule has 0 heterocycles. The van der Waals surface area contributed by atoms with Gasteiger partial charge in [-0.25, -0.2) is 0 Å². The Labute approximate surface area is 134 Å². The number of hydrogen-bond acceptors (Lipinski definition) is 3. The quantitative estimate of drug-likeness (QED) is 0.644. The Balaban J connectivity index is 2.42. The number of rotatable bonds is 10. The standard InChI is InChI=1S/C15H21ClF2N2O2/c16-12-6-7-13(22-15(17)18)11(9-12)10-20-14(21)5-3-1-2-4-8-19/h6-7,9,15H,1-5,8,10,19H2,(H,20,21). The van der Waals surface area contributed by atoms with Gasteiger partial charge in [-0.2, -0.15) is 8.78 Å². The highest BCUT2D eigenvalue weighted by molar-refractivity contribution is 6.30. The van der Waals surface area contributed by atoms with Crippen molar-refractivity contribution in [3.63, 3.8) is 0 Å². The Morgan fingerprint density at radius 1 is 1.27 bits per heavy atom. The molecule has 0 spiro atoms. The molecule has 1 amide bonds. The SMILES string of the molecule is NCCCCCCC(=O)NCc1cc(Cl)ccc1OC(F)F. The number of carbonyl (C=O) groups is 1. The van der Waals surface area contributed by atoms with E-state index in [1.54, 1.807) is 0 Å². The maximum Gasteiger partial charge on any atom is 0.387 e. The van der Waals surface area contributed by atoms with Crippen LogP contribution in [-0.2, 0) is 11.3 Å². The number of amides is 1. The van der Waals surface area contributed by atoms with E-state index in [-0.39, 0.29) is 18.2 Å². The fourth-order valence-corrected chi connectivity index (χ4v) is 2.16. The predicted octanol–water partition coefficient (Wildman–Crippen LogP) is 3.47. The van der Waals surface area contributed by atoms with Gasteiger partial charge in [-0.05, 0) is 37.6 Å². The largest absolute Gasteiger partial charge is 0.434 e. The van der Waals surface area contributed by atoms with Gasteiger partial charge < -0.3 is 15.8 Å². The Hall–Kier alpha value is -1.40. The summed E-state index contributed by atoms with van der Waals surface area (Å²) < 4.78 is 29.0. The molecule has 0 saturated heterocycles. The van der Waals surface area contributed by atoms with Crippen LogP contribution in [0.4, 0.5) is 8.78 Å². The molecular formula is C15H21ClF2N2O2. The zero-order valence-corrected chi connectivity index (χ0v) is 13.0. The molecule has 1 aromatic carbocycles. The van der Waals surface area contributed by atoms with E-state index in [0.29, 0.717) is 23.6 Å². The van der Waals surface area contributed by atoms with Gasteiger partial charge in [0.05, 0.1) is 0 Å². The third-order valence-electron chi connectivity index (χ3n) is 3.07. The van der Waals surface area contributed by atoms with Crippen molar-refractivity contribution >= 4 is 17.5 Å². The van der Waals surface area contributed by atoms with Gasteiger partial charge in [-0.3, -0.25) is 4.79 Å². The van der Waals surface area contributed by atoms with E-state index in [2.05, 4.69) is 10.1 Å². The van der Waals surface area contributed by atoms with Crippen LogP contribution >= 0.6 is 11.6 Å². The highest BCUT2D eigenvalue weighted by atomic mass is 35.5. The molecule has 0 radical (unpaired) electrons. The Morgan fingerprint density at radius 3 is 2.68 bits per heavy atom. The number of ether oxygens (including phenoxy) is 1. The minimum absolute atomic E-state index is 0.0163. The fraction of sp³-hybridized carbons (Fsp3) is 0.533. The van der Waals surface area contributed by atoms with Crippen molar-refractivity contribution < 1.29 is 18.3 Å². The van der Waals surface area contributed by atoms with E-state index in [1.165, 1.54) is 18.2 Å². The smallest absolute Gasteiger partial charge is 0.387 e. The van der Waals surface area contributed by atoms with Crippen molar-refractivity contribution in [3.8, 4) is 5.75 Å². The maximum absolute atomic E-state index is 12.3. The van der Waals surface area contributed by atoms with Gasteiger partial charge in [-0.15, -0.1) is 0 Å². The summed E-state index contributed by atoms with van der Waals surface area (Å²) in [6.45, 7) is -2.16. The van der Waals surface area contributed by atoms with Crippen molar-refractivity contribution in [1.82, 2.24) is 5.32 Å². The van der Waals surface area contributed by atoms with E-state index in [0.717, 1.165) is 25.7 Å². The number of nitrogens with one attached hydrogen (secondary N) is 1. The van der Waals surface area contributed by atoms with Gasteiger partial charge in [0.2, 0.25) is 5.91 Å². The first kappa shape index (κ1) is 18.6. The molecule has 7 heteroatoms. The van der Waals surface area contributed by atoms with E-state index in [1.807, 2.05) is 0 Å². The minimum atomic E-state index is -2.92. The second kappa shape index (κ2) is 10.3. The maximum atomic E-state index is 12.3. The first-order chi connectivity index (χ1) is 10.5. The second-order valence-electron chi connectivity index (χ2n) is 4.86. The normalized spacial score (nSPS) is 10.8. The second-order valence-corrected chi connectivity index (χ2v) is 5.30. The Bertz CT molecular complexity index is 473. The van der Waals surface area contributed by atoms with Crippen molar-refractivity contribution in [2.75, 3.05) is 6.54 Å². The van der Waals surface area contributed by atoms with Crippen LogP contribution in [0.15, 0.2) is 18.2 Å². The molecule has 124 valence electrons. The lowest BCUT2D eigenvalue weighted by Crippen LogP contribution is -2.23. The molecule has 0 aliphatic carbocycles. The molecule has 1 aromatic rings. The molecule has 22 heavy (non-hydrogen) atoms. The Morgan fingerprint density at radius 2 is 2.00 bits per heavy atom. The van der Waals surface area contributed by atoms with E-state index < -0.39 is 6.61 Å². The summed E-state index contributed by atoms with van der Waals surface area (Å²) >= 11 is 5.83. The molecular weight excluding hydrogens is 314 g/mol. The lowest BCUT2D eigenvalue weighted by atomic mass is 10.1.